The van der Waals surface area contributed by atoms with Crippen molar-refractivity contribution < 1.29 is 20.1 Å². The van der Waals surface area contributed by atoms with E-state index in [2.05, 4.69) is 4.98 Å². The molecule has 0 spiro atoms. The molecule has 0 radical (unpaired) electrons. The van der Waals surface area contributed by atoms with Crippen molar-refractivity contribution in [1.29, 1.82) is 0 Å². The average Bonchev–Trinajstić information content (AvgIpc) is 2.80. The summed E-state index contributed by atoms with van der Waals surface area (Å²) in [4.78, 5) is 4.20. The fourth-order valence-corrected chi connectivity index (χ4v) is 2.22. The van der Waals surface area contributed by atoms with Crippen LogP contribution in [0.25, 0.3) is 11.0 Å². The summed E-state index contributed by atoms with van der Waals surface area (Å²) >= 11 is 0. The molecule has 0 aliphatic carbocycles. The van der Waals surface area contributed by atoms with Crippen LogP contribution in [0.4, 0.5) is 0 Å². The van der Waals surface area contributed by atoms with Gasteiger partial charge in [-0.2, -0.15) is 0 Å². The van der Waals surface area contributed by atoms with Crippen molar-refractivity contribution >= 4 is 11.0 Å². The molecular formula is C12H14N2O4. The Balaban J connectivity index is 1.99. The normalized spacial score (nSPS) is 32.8. The molecule has 4 atom stereocenters. The fraction of sp³-hybridized carbons (Fsp3) is 0.417. The number of imidazole rings is 1. The van der Waals surface area contributed by atoms with Gasteiger partial charge in [0.05, 0.1) is 24.0 Å². The SMILES string of the molecule is O[C@H]1[C@H](O)COC(n2cnc3ccccc32)[C@@H]1O. The first-order chi connectivity index (χ1) is 8.68. The zero-order chi connectivity index (χ0) is 12.7. The Morgan fingerprint density at radius 3 is 2.78 bits per heavy atom. The van der Waals surface area contributed by atoms with E-state index in [1.54, 1.807) is 10.9 Å². The average molecular weight is 250 g/mol. The van der Waals surface area contributed by atoms with E-state index in [1.165, 1.54) is 0 Å². The van der Waals surface area contributed by atoms with Gasteiger partial charge in [0.25, 0.3) is 0 Å². The second-order valence-electron chi connectivity index (χ2n) is 4.41. The number of benzene rings is 1. The standard InChI is InChI=1S/C12H14N2O4/c15-9-5-18-12(11(17)10(9)16)14-6-13-7-3-1-2-4-8(7)14/h1-4,6,9-12,15-17H,5H2/t9-,10+,11-,12?/m1/s1. The lowest BCUT2D eigenvalue weighted by molar-refractivity contribution is -0.209. The van der Waals surface area contributed by atoms with Crippen LogP contribution in [0.15, 0.2) is 30.6 Å². The van der Waals surface area contributed by atoms with Crippen LogP contribution in [-0.2, 0) is 4.74 Å². The second kappa shape index (κ2) is 4.33. The molecular weight excluding hydrogens is 236 g/mol. The summed E-state index contributed by atoms with van der Waals surface area (Å²) in [7, 11) is 0. The van der Waals surface area contributed by atoms with E-state index in [4.69, 9.17) is 4.74 Å². The van der Waals surface area contributed by atoms with Crippen LogP contribution < -0.4 is 0 Å². The highest BCUT2D eigenvalue weighted by Gasteiger charge is 2.38. The molecule has 96 valence electrons. The van der Waals surface area contributed by atoms with Gasteiger partial charge < -0.3 is 24.6 Å². The number of hydrogen-bond donors (Lipinski definition) is 3. The minimum Gasteiger partial charge on any atom is -0.388 e. The number of rotatable bonds is 1. The first kappa shape index (κ1) is 11.6. The lowest BCUT2D eigenvalue weighted by Gasteiger charge is -2.35. The molecule has 1 aliphatic rings. The quantitative estimate of drug-likeness (QED) is 0.644. The van der Waals surface area contributed by atoms with Gasteiger partial charge in [-0.3, -0.25) is 0 Å². The van der Waals surface area contributed by atoms with Crippen LogP contribution in [-0.4, -0.2) is 49.8 Å². The number of ether oxygens (including phenoxy) is 1. The lowest BCUT2D eigenvalue weighted by atomic mass is 10.0. The van der Waals surface area contributed by atoms with Crippen LogP contribution in [0.3, 0.4) is 0 Å². The molecule has 3 rings (SSSR count). The van der Waals surface area contributed by atoms with Crippen molar-refractivity contribution in [2.24, 2.45) is 0 Å². The number of aliphatic hydroxyl groups excluding tert-OH is 3. The maximum atomic E-state index is 9.96. The Morgan fingerprint density at radius 2 is 1.94 bits per heavy atom. The topological polar surface area (TPSA) is 87.7 Å². The fourth-order valence-electron chi connectivity index (χ4n) is 2.22. The number of para-hydroxylation sites is 2. The molecule has 1 aromatic heterocycles. The molecule has 2 aromatic rings. The first-order valence-electron chi connectivity index (χ1n) is 5.76. The summed E-state index contributed by atoms with van der Waals surface area (Å²) in [5.41, 5.74) is 1.60. The van der Waals surface area contributed by atoms with Gasteiger partial charge in [-0.05, 0) is 12.1 Å². The van der Waals surface area contributed by atoms with Crippen molar-refractivity contribution in [3.8, 4) is 0 Å². The maximum absolute atomic E-state index is 9.96. The van der Waals surface area contributed by atoms with Crippen molar-refractivity contribution in [3.63, 3.8) is 0 Å². The van der Waals surface area contributed by atoms with Gasteiger partial charge in [0, 0.05) is 0 Å². The minimum atomic E-state index is -1.22. The van der Waals surface area contributed by atoms with E-state index in [0.717, 1.165) is 11.0 Å². The molecule has 1 saturated heterocycles. The molecule has 6 heteroatoms. The molecule has 3 N–H and O–H groups in total. The van der Waals surface area contributed by atoms with Crippen LogP contribution in [0.1, 0.15) is 6.23 Å². The van der Waals surface area contributed by atoms with Crippen LogP contribution in [0, 0.1) is 0 Å². The van der Waals surface area contributed by atoms with Gasteiger partial charge in [-0.1, -0.05) is 12.1 Å². The first-order valence-corrected chi connectivity index (χ1v) is 5.76. The molecule has 6 nitrogen and oxygen atoms in total. The monoisotopic (exact) mass is 250 g/mol. The van der Waals surface area contributed by atoms with Gasteiger partial charge in [0.15, 0.2) is 6.23 Å². The van der Waals surface area contributed by atoms with E-state index >= 15 is 0 Å². The Labute approximate surface area is 103 Å². The molecule has 1 fully saturated rings. The van der Waals surface area contributed by atoms with Crippen LogP contribution in [0.5, 0.6) is 0 Å². The van der Waals surface area contributed by atoms with E-state index in [1.807, 2.05) is 24.3 Å². The summed E-state index contributed by atoms with van der Waals surface area (Å²) in [5, 5.41) is 29.0. The predicted octanol–water partition coefficient (Wildman–Crippen LogP) is -0.352. The Kier molecular flexibility index (Phi) is 2.79. The minimum absolute atomic E-state index is 0.0185. The third-order valence-electron chi connectivity index (χ3n) is 3.23. The highest BCUT2D eigenvalue weighted by atomic mass is 16.5. The molecule has 1 aromatic carbocycles. The highest BCUT2D eigenvalue weighted by Crippen LogP contribution is 2.27. The highest BCUT2D eigenvalue weighted by molar-refractivity contribution is 5.75. The van der Waals surface area contributed by atoms with E-state index in [-0.39, 0.29) is 6.61 Å². The van der Waals surface area contributed by atoms with Gasteiger partial charge in [-0.15, -0.1) is 0 Å². The van der Waals surface area contributed by atoms with Gasteiger partial charge in [0.2, 0.25) is 0 Å². The zero-order valence-electron chi connectivity index (χ0n) is 9.55. The summed E-state index contributed by atoms with van der Waals surface area (Å²) < 4.78 is 7.05. The Hall–Kier alpha value is -1.47. The largest absolute Gasteiger partial charge is 0.388 e. The third kappa shape index (κ3) is 1.70. The van der Waals surface area contributed by atoms with E-state index < -0.39 is 24.5 Å². The number of hydrogen-bond acceptors (Lipinski definition) is 5. The molecule has 2 heterocycles. The summed E-state index contributed by atoms with van der Waals surface area (Å²) in [6, 6.07) is 7.44. The molecule has 1 aliphatic heterocycles. The predicted molar refractivity (Wildman–Crippen MR) is 62.7 cm³/mol. The summed E-state index contributed by atoms with van der Waals surface area (Å²) in [6.07, 6.45) is -2.65. The number of aliphatic hydroxyl groups is 3. The summed E-state index contributed by atoms with van der Waals surface area (Å²) in [5.74, 6) is 0. The lowest BCUT2D eigenvalue weighted by Crippen LogP contribution is -2.50. The van der Waals surface area contributed by atoms with Crippen molar-refractivity contribution in [1.82, 2.24) is 9.55 Å². The van der Waals surface area contributed by atoms with Gasteiger partial charge in [0.1, 0.15) is 18.3 Å². The maximum Gasteiger partial charge on any atom is 0.164 e. The molecule has 18 heavy (non-hydrogen) atoms. The van der Waals surface area contributed by atoms with Gasteiger partial charge in [-0.25, -0.2) is 4.98 Å². The molecule has 0 bridgehead atoms. The van der Waals surface area contributed by atoms with Crippen LogP contribution >= 0.6 is 0 Å². The molecule has 0 amide bonds. The smallest absolute Gasteiger partial charge is 0.164 e. The van der Waals surface area contributed by atoms with Gasteiger partial charge >= 0.3 is 0 Å². The van der Waals surface area contributed by atoms with E-state index in [0.29, 0.717) is 0 Å². The molecule has 1 unspecified atom stereocenters. The number of nitrogens with zero attached hydrogens (tertiary/aromatic N) is 2. The number of aromatic nitrogens is 2. The third-order valence-corrected chi connectivity index (χ3v) is 3.23. The summed E-state index contributed by atoms with van der Waals surface area (Å²) in [6.45, 7) is -0.0185. The van der Waals surface area contributed by atoms with Crippen molar-refractivity contribution in [2.45, 2.75) is 24.5 Å². The Bertz CT molecular complexity index is 556. The van der Waals surface area contributed by atoms with Crippen molar-refractivity contribution in [2.75, 3.05) is 6.61 Å². The van der Waals surface area contributed by atoms with Crippen LogP contribution in [0.2, 0.25) is 0 Å². The second-order valence-corrected chi connectivity index (χ2v) is 4.41. The van der Waals surface area contributed by atoms with E-state index in [9.17, 15) is 15.3 Å². The Morgan fingerprint density at radius 1 is 1.17 bits per heavy atom. The number of fused-ring (bicyclic) bond motifs is 1. The molecule has 0 saturated carbocycles. The van der Waals surface area contributed by atoms with Crippen molar-refractivity contribution in [3.05, 3.63) is 30.6 Å². The zero-order valence-corrected chi connectivity index (χ0v) is 9.55.